The van der Waals surface area contributed by atoms with Gasteiger partial charge in [0.1, 0.15) is 11.6 Å². The van der Waals surface area contributed by atoms with Gasteiger partial charge in [-0.15, -0.1) is 0 Å². The summed E-state index contributed by atoms with van der Waals surface area (Å²) < 4.78 is 103. The molecule has 0 aliphatic rings. The summed E-state index contributed by atoms with van der Waals surface area (Å²) >= 11 is 0. The van der Waals surface area contributed by atoms with Crippen molar-refractivity contribution in [2.24, 2.45) is 0 Å². The van der Waals surface area contributed by atoms with E-state index in [1.807, 2.05) is 0 Å². The van der Waals surface area contributed by atoms with Crippen molar-refractivity contribution in [2.45, 2.75) is 24.7 Å². The van der Waals surface area contributed by atoms with Crippen LogP contribution >= 0.6 is 0 Å². The van der Waals surface area contributed by atoms with E-state index in [-0.39, 0.29) is 0 Å². The van der Waals surface area contributed by atoms with Gasteiger partial charge in [0.05, 0.1) is 17.0 Å². The van der Waals surface area contributed by atoms with E-state index in [1.54, 1.807) is 0 Å². The average molecular weight is 398 g/mol. The van der Waals surface area contributed by atoms with Gasteiger partial charge in [0, 0.05) is 0 Å². The lowest BCUT2D eigenvalue weighted by atomic mass is 9.90. The lowest BCUT2D eigenvalue weighted by molar-refractivity contribution is -0.140. The molecule has 0 saturated heterocycles. The molecule has 2 aromatic carbocycles. The fourth-order valence-electron chi connectivity index (χ4n) is 2.45. The molecule has 0 fully saturated rings. The molecule has 1 atom stereocenters. The summed E-state index contributed by atoms with van der Waals surface area (Å²) in [7, 11) is 0. The van der Waals surface area contributed by atoms with Crippen LogP contribution in [-0.4, -0.2) is 11.1 Å². The van der Waals surface area contributed by atoms with E-state index in [0.717, 1.165) is 0 Å². The van der Waals surface area contributed by atoms with Crippen molar-refractivity contribution in [2.75, 3.05) is 0 Å². The van der Waals surface area contributed by atoms with E-state index >= 15 is 0 Å². The standard InChI is InChI=1S/C17H10F8O2/c18-13-4-2-10(16(20,21)22)5-9(13)6-11(15(26)27)8-1-3-12(14(19)7-8)17(23,24)25/h1-5,7,11H,6H2,(H,26,27). The molecule has 0 amide bonds. The highest BCUT2D eigenvalue weighted by molar-refractivity contribution is 5.76. The summed E-state index contributed by atoms with van der Waals surface area (Å²) in [5.41, 5.74) is -3.90. The molecule has 2 aromatic rings. The van der Waals surface area contributed by atoms with Crippen LogP contribution in [0.3, 0.4) is 0 Å². The number of rotatable bonds is 4. The summed E-state index contributed by atoms with van der Waals surface area (Å²) in [6.07, 6.45) is -10.6. The Labute approximate surface area is 147 Å². The van der Waals surface area contributed by atoms with Crippen LogP contribution in [0.1, 0.15) is 28.2 Å². The van der Waals surface area contributed by atoms with Gasteiger partial charge in [-0.05, 0) is 47.9 Å². The Kier molecular flexibility index (Phi) is 5.48. The SMILES string of the molecule is O=C(O)C(Cc1cc(C(F)(F)F)ccc1F)c1ccc(C(F)(F)F)c(F)c1. The first-order chi connectivity index (χ1) is 12.3. The molecule has 1 N–H and O–H groups in total. The monoisotopic (exact) mass is 398 g/mol. The summed E-state index contributed by atoms with van der Waals surface area (Å²) in [5.74, 6) is -6.27. The van der Waals surface area contributed by atoms with E-state index in [2.05, 4.69) is 0 Å². The molecule has 27 heavy (non-hydrogen) atoms. The quantitative estimate of drug-likeness (QED) is 0.699. The molecular formula is C17H10F8O2. The van der Waals surface area contributed by atoms with Gasteiger partial charge in [0.2, 0.25) is 0 Å². The Morgan fingerprint density at radius 2 is 1.52 bits per heavy atom. The molecule has 0 aliphatic carbocycles. The number of hydrogen-bond donors (Lipinski definition) is 1. The van der Waals surface area contributed by atoms with Crippen LogP contribution in [0.15, 0.2) is 36.4 Å². The molecule has 10 heteroatoms. The van der Waals surface area contributed by atoms with E-state index in [1.165, 1.54) is 0 Å². The van der Waals surface area contributed by atoms with Gasteiger partial charge >= 0.3 is 18.3 Å². The topological polar surface area (TPSA) is 37.3 Å². The van der Waals surface area contributed by atoms with Gasteiger partial charge in [-0.1, -0.05) is 6.07 Å². The maximum atomic E-state index is 13.8. The minimum Gasteiger partial charge on any atom is -0.481 e. The van der Waals surface area contributed by atoms with Gasteiger partial charge in [-0.25, -0.2) is 8.78 Å². The van der Waals surface area contributed by atoms with Gasteiger partial charge in [0.25, 0.3) is 0 Å². The van der Waals surface area contributed by atoms with Crippen LogP contribution in [0.25, 0.3) is 0 Å². The molecular weight excluding hydrogens is 388 g/mol. The van der Waals surface area contributed by atoms with Crippen molar-refractivity contribution in [3.05, 3.63) is 70.3 Å². The molecule has 0 saturated carbocycles. The summed E-state index contributed by atoms with van der Waals surface area (Å²) in [6.45, 7) is 0. The number of halogens is 8. The minimum atomic E-state index is -5.01. The van der Waals surface area contributed by atoms with E-state index in [0.29, 0.717) is 36.4 Å². The fourth-order valence-corrected chi connectivity index (χ4v) is 2.45. The molecule has 0 aromatic heterocycles. The van der Waals surface area contributed by atoms with E-state index in [4.69, 9.17) is 0 Å². The number of aliphatic carboxylic acids is 1. The highest BCUT2D eigenvalue weighted by Gasteiger charge is 2.35. The second kappa shape index (κ2) is 7.16. The Bertz CT molecular complexity index is 855. The van der Waals surface area contributed by atoms with Crippen molar-refractivity contribution in [1.82, 2.24) is 0 Å². The third-order valence-electron chi connectivity index (χ3n) is 3.80. The van der Waals surface area contributed by atoms with Crippen molar-refractivity contribution in [3.8, 4) is 0 Å². The van der Waals surface area contributed by atoms with Crippen molar-refractivity contribution in [3.63, 3.8) is 0 Å². The first-order valence-corrected chi connectivity index (χ1v) is 7.25. The normalized spacial score (nSPS) is 13.5. The van der Waals surface area contributed by atoms with Crippen LogP contribution in [0, 0.1) is 11.6 Å². The predicted molar refractivity (Wildman–Crippen MR) is 76.9 cm³/mol. The van der Waals surface area contributed by atoms with Crippen LogP contribution in [0.5, 0.6) is 0 Å². The second-order valence-corrected chi connectivity index (χ2v) is 5.64. The first kappa shape index (κ1) is 20.7. The minimum absolute atomic E-state index is 0.323. The molecule has 0 spiro atoms. The molecule has 2 nitrogen and oxygen atoms in total. The third-order valence-corrected chi connectivity index (χ3v) is 3.80. The number of carboxylic acid groups (broad SMARTS) is 1. The Hall–Kier alpha value is -2.65. The maximum absolute atomic E-state index is 13.8. The van der Waals surface area contributed by atoms with E-state index < -0.39 is 64.5 Å². The molecule has 1 unspecified atom stereocenters. The summed E-state index contributed by atoms with van der Waals surface area (Å²) in [5, 5.41) is 9.24. The highest BCUT2D eigenvalue weighted by Crippen LogP contribution is 2.35. The number of alkyl halides is 6. The van der Waals surface area contributed by atoms with Gasteiger partial charge in [-0.3, -0.25) is 4.79 Å². The number of benzene rings is 2. The molecule has 2 rings (SSSR count). The average Bonchev–Trinajstić information content (AvgIpc) is 2.51. The Morgan fingerprint density at radius 3 is 2.00 bits per heavy atom. The maximum Gasteiger partial charge on any atom is 0.419 e. The largest absolute Gasteiger partial charge is 0.481 e. The fraction of sp³-hybridized carbons (Fsp3) is 0.235. The van der Waals surface area contributed by atoms with Gasteiger partial charge < -0.3 is 5.11 Å². The van der Waals surface area contributed by atoms with Gasteiger partial charge in [0.15, 0.2) is 0 Å². The van der Waals surface area contributed by atoms with Crippen molar-refractivity contribution in [1.29, 1.82) is 0 Å². The highest BCUT2D eigenvalue weighted by atomic mass is 19.4. The van der Waals surface area contributed by atoms with Crippen LogP contribution < -0.4 is 0 Å². The molecule has 0 heterocycles. The summed E-state index contributed by atoms with van der Waals surface area (Å²) in [4.78, 5) is 11.4. The molecule has 146 valence electrons. The molecule has 0 radical (unpaired) electrons. The number of carbonyl (C=O) groups is 1. The molecule has 0 bridgehead atoms. The zero-order valence-electron chi connectivity index (χ0n) is 13.1. The molecule has 0 aliphatic heterocycles. The third kappa shape index (κ3) is 4.75. The Morgan fingerprint density at radius 1 is 0.889 bits per heavy atom. The smallest absolute Gasteiger partial charge is 0.419 e. The first-order valence-electron chi connectivity index (χ1n) is 7.25. The number of carboxylic acids is 1. The van der Waals surface area contributed by atoms with Gasteiger partial charge in [-0.2, -0.15) is 26.3 Å². The van der Waals surface area contributed by atoms with Crippen LogP contribution in [0.2, 0.25) is 0 Å². The predicted octanol–water partition coefficient (Wildman–Crippen LogP) is 5.41. The zero-order chi connectivity index (χ0) is 20.6. The Balaban J connectivity index is 2.43. The van der Waals surface area contributed by atoms with E-state index in [9.17, 15) is 45.0 Å². The van der Waals surface area contributed by atoms with Crippen molar-refractivity contribution >= 4 is 5.97 Å². The number of hydrogen-bond acceptors (Lipinski definition) is 1. The van der Waals surface area contributed by atoms with Crippen LogP contribution in [-0.2, 0) is 23.6 Å². The second-order valence-electron chi connectivity index (χ2n) is 5.64. The lowest BCUT2D eigenvalue weighted by Gasteiger charge is -2.16. The summed E-state index contributed by atoms with van der Waals surface area (Å²) in [6, 6.07) is 2.72. The van der Waals surface area contributed by atoms with Crippen LogP contribution in [0.4, 0.5) is 35.1 Å². The zero-order valence-corrected chi connectivity index (χ0v) is 13.1. The lowest BCUT2D eigenvalue weighted by Crippen LogP contribution is -2.17. The van der Waals surface area contributed by atoms with Crippen molar-refractivity contribution < 1.29 is 45.0 Å².